The van der Waals surface area contributed by atoms with Crippen molar-refractivity contribution in [2.75, 3.05) is 5.32 Å². The predicted octanol–water partition coefficient (Wildman–Crippen LogP) is 2.78. The van der Waals surface area contributed by atoms with Gasteiger partial charge < -0.3 is 11.1 Å². The van der Waals surface area contributed by atoms with Crippen molar-refractivity contribution in [2.24, 2.45) is 5.73 Å². The van der Waals surface area contributed by atoms with Crippen molar-refractivity contribution >= 4 is 27.5 Å². The zero-order valence-electron chi connectivity index (χ0n) is 10.2. The van der Waals surface area contributed by atoms with Crippen molar-refractivity contribution < 1.29 is 4.79 Å². The summed E-state index contributed by atoms with van der Waals surface area (Å²) in [7, 11) is 0. The molecule has 0 aliphatic heterocycles. The van der Waals surface area contributed by atoms with Crippen molar-refractivity contribution in [3.63, 3.8) is 0 Å². The molecule has 0 aliphatic rings. The Morgan fingerprint density at radius 3 is 2.94 bits per heavy atom. The Kier molecular flexibility index (Phi) is 5.83. The number of hydrogen-bond acceptors (Lipinski definition) is 3. The van der Waals surface area contributed by atoms with Crippen LogP contribution < -0.4 is 11.1 Å². The molecule has 1 unspecified atom stereocenters. The minimum Gasteiger partial charge on any atom is -0.328 e. The molecule has 5 heteroatoms. The van der Waals surface area contributed by atoms with Crippen LogP contribution in [0.2, 0.25) is 0 Å². The van der Waals surface area contributed by atoms with E-state index in [9.17, 15) is 4.79 Å². The number of carbonyl (C=O) groups excluding carboxylic acids is 1. The summed E-state index contributed by atoms with van der Waals surface area (Å²) < 4.78 is 0.814. The summed E-state index contributed by atoms with van der Waals surface area (Å²) in [6, 6.07) is 7.35. The van der Waals surface area contributed by atoms with Gasteiger partial charge in [-0.15, -0.1) is 0 Å². The maximum absolute atomic E-state index is 11.7. The first-order chi connectivity index (χ1) is 8.52. The number of nitriles is 1. The van der Waals surface area contributed by atoms with Crippen LogP contribution in [0.25, 0.3) is 0 Å². The molecule has 3 N–H and O–H groups in total. The van der Waals surface area contributed by atoms with E-state index in [1.807, 2.05) is 6.92 Å². The normalized spacial score (nSPS) is 11.7. The fraction of sp³-hybridized carbons (Fsp3) is 0.385. The van der Waals surface area contributed by atoms with Crippen LogP contribution >= 0.6 is 15.9 Å². The van der Waals surface area contributed by atoms with Crippen LogP contribution in [0.1, 0.15) is 31.7 Å². The van der Waals surface area contributed by atoms with E-state index in [-0.39, 0.29) is 11.9 Å². The monoisotopic (exact) mass is 309 g/mol. The van der Waals surface area contributed by atoms with E-state index in [1.54, 1.807) is 18.2 Å². The number of hydrogen-bond donors (Lipinski definition) is 2. The van der Waals surface area contributed by atoms with E-state index >= 15 is 0 Å². The number of carbonyl (C=O) groups is 1. The molecule has 0 saturated heterocycles. The maximum Gasteiger partial charge on any atom is 0.224 e. The molecule has 96 valence electrons. The van der Waals surface area contributed by atoms with Gasteiger partial charge in [-0.25, -0.2) is 0 Å². The highest BCUT2D eigenvalue weighted by atomic mass is 79.9. The van der Waals surface area contributed by atoms with Crippen molar-refractivity contribution in [3.8, 4) is 6.07 Å². The molecule has 0 aliphatic carbocycles. The molecular weight excluding hydrogens is 294 g/mol. The van der Waals surface area contributed by atoms with E-state index < -0.39 is 0 Å². The number of amides is 1. The summed E-state index contributed by atoms with van der Waals surface area (Å²) in [5.41, 5.74) is 6.61. The Balaban J connectivity index is 2.57. The molecule has 0 saturated carbocycles. The van der Waals surface area contributed by atoms with Crippen LogP contribution in [-0.4, -0.2) is 11.9 Å². The number of anilines is 1. The van der Waals surface area contributed by atoms with Crippen LogP contribution in [0.5, 0.6) is 0 Å². The third-order valence-electron chi connectivity index (χ3n) is 2.44. The number of benzene rings is 1. The topological polar surface area (TPSA) is 78.9 Å². The average molecular weight is 310 g/mol. The number of nitrogens with two attached hydrogens (primary N) is 1. The minimum atomic E-state index is -0.0885. The Bertz CT molecular complexity index is 466. The van der Waals surface area contributed by atoms with Gasteiger partial charge in [0.2, 0.25) is 5.91 Å². The third kappa shape index (κ3) is 4.86. The molecule has 0 fully saturated rings. The Morgan fingerprint density at radius 1 is 1.61 bits per heavy atom. The molecule has 1 amide bonds. The molecule has 0 heterocycles. The number of nitrogens with zero attached hydrogens (tertiary/aromatic N) is 1. The molecule has 0 radical (unpaired) electrons. The molecule has 1 aromatic rings. The van der Waals surface area contributed by atoms with E-state index in [2.05, 4.69) is 27.3 Å². The van der Waals surface area contributed by atoms with E-state index in [0.717, 1.165) is 17.3 Å². The highest BCUT2D eigenvalue weighted by molar-refractivity contribution is 9.10. The van der Waals surface area contributed by atoms with E-state index in [1.165, 1.54) is 0 Å². The summed E-state index contributed by atoms with van der Waals surface area (Å²) in [6.07, 6.45) is 1.99. The largest absolute Gasteiger partial charge is 0.328 e. The standard InChI is InChI=1S/C13H16BrN3O/c1-9(16)3-2-4-13(18)17-12-6-5-11(14)7-10(12)8-15/h5-7,9H,2-4,16H2,1H3,(H,17,18). The first-order valence-electron chi connectivity index (χ1n) is 5.78. The smallest absolute Gasteiger partial charge is 0.224 e. The summed E-state index contributed by atoms with van der Waals surface area (Å²) >= 11 is 3.28. The van der Waals surface area contributed by atoms with Gasteiger partial charge in [0, 0.05) is 16.9 Å². The maximum atomic E-state index is 11.7. The third-order valence-corrected chi connectivity index (χ3v) is 2.93. The van der Waals surface area contributed by atoms with Gasteiger partial charge in [0.1, 0.15) is 6.07 Å². The Hall–Kier alpha value is -1.38. The molecule has 1 atom stereocenters. The Morgan fingerprint density at radius 2 is 2.33 bits per heavy atom. The minimum absolute atomic E-state index is 0.0885. The van der Waals surface area contributed by atoms with Crippen LogP contribution in [0.3, 0.4) is 0 Å². The lowest BCUT2D eigenvalue weighted by atomic mass is 10.1. The number of rotatable bonds is 5. The molecule has 0 bridgehead atoms. The van der Waals surface area contributed by atoms with Gasteiger partial charge in [0.05, 0.1) is 11.3 Å². The average Bonchev–Trinajstić information content (AvgIpc) is 2.31. The lowest BCUT2D eigenvalue weighted by Crippen LogP contribution is -2.17. The van der Waals surface area contributed by atoms with Gasteiger partial charge in [-0.3, -0.25) is 4.79 Å². The molecular formula is C13H16BrN3O. The predicted molar refractivity (Wildman–Crippen MR) is 75.0 cm³/mol. The van der Waals surface area contributed by atoms with E-state index in [0.29, 0.717) is 17.7 Å². The van der Waals surface area contributed by atoms with Crippen molar-refractivity contribution in [1.82, 2.24) is 0 Å². The molecule has 0 aromatic heterocycles. The lowest BCUT2D eigenvalue weighted by Gasteiger charge is -2.08. The van der Waals surface area contributed by atoms with Crippen LogP contribution in [0, 0.1) is 11.3 Å². The molecule has 0 spiro atoms. The lowest BCUT2D eigenvalue weighted by molar-refractivity contribution is -0.116. The molecule has 18 heavy (non-hydrogen) atoms. The molecule has 4 nitrogen and oxygen atoms in total. The zero-order valence-corrected chi connectivity index (χ0v) is 11.8. The van der Waals surface area contributed by atoms with Crippen LogP contribution in [0.15, 0.2) is 22.7 Å². The summed E-state index contributed by atoms with van der Waals surface area (Å²) in [4.78, 5) is 11.7. The van der Waals surface area contributed by atoms with Gasteiger partial charge >= 0.3 is 0 Å². The van der Waals surface area contributed by atoms with Crippen molar-refractivity contribution in [2.45, 2.75) is 32.2 Å². The Labute approximate surface area is 115 Å². The van der Waals surface area contributed by atoms with Gasteiger partial charge in [-0.2, -0.15) is 5.26 Å². The number of halogens is 1. The van der Waals surface area contributed by atoms with E-state index in [4.69, 9.17) is 11.0 Å². The van der Waals surface area contributed by atoms with Gasteiger partial charge in [-0.05, 0) is 38.0 Å². The second kappa shape index (κ2) is 7.14. The summed E-state index contributed by atoms with van der Waals surface area (Å²) in [5.74, 6) is -0.0885. The zero-order chi connectivity index (χ0) is 13.5. The summed E-state index contributed by atoms with van der Waals surface area (Å²) in [5, 5.41) is 11.7. The fourth-order valence-electron chi connectivity index (χ4n) is 1.52. The molecule has 1 rings (SSSR count). The molecule has 1 aromatic carbocycles. The SMILES string of the molecule is CC(N)CCCC(=O)Nc1ccc(Br)cc1C#N. The first-order valence-corrected chi connectivity index (χ1v) is 6.57. The van der Waals surface area contributed by atoms with Gasteiger partial charge in [0.25, 0.3) is 0 Å². The van der Waals surface area contributed by atoms with Gasteiger partial charge in [-0.1, -0.05) is 15.9 Å². The van der Waals surface area contributed by atoms with Crippen LogP contribution in [-0.2, 0) is 4.79 Å². The van der Waals surface area contributed by atoms with Gasteiger partial charge in [0.15, 0.2) is 0 Å². The second-order valence-corrected chi connectivity index (χ2v) is 5.14. The number of nitrogens with one attached hydrogen (secondary N) is 1. The van der Waals surface area contributed by atoms with Crippen LogP contribution in [0.4, 0.5) is 5.69 Å². The summed E-state index contributed by atoms with van der Waals surface area (Å²) in [6.45, 7) is 1.92. The highest BCUT2D eigenvalue weighted by Crippen LogP contribution is 2.20. The van der Waals surface area contributed by atoms with Crippen molar-refractivity contribution in [1.29, 1.82) is 5.26 Å². The second-order valence-electron chi connectivity index (χ2n) is 4.22. The fourth-order valence-corrected chi connectivity index (χ4v) is 1.88. The van der Waals surface area contributed by atoms with Crippen molar-refractivity contribution in [3.05, 3.63) is 28.2 Å². The quantitative estimate of drug-likeness (QED) is 0.877. The highest BCUT2D eigenvalue weighted by Gasteiger charge is 2.07. The first kappa shape index (κ1) is 14.7.